The fourth-order valence-corrected chi connectivity index (χ4v) is 4.61. The molecule has 0 saturated carbocycles. The number of benzene rings is 2. The van der Waals surface area contributed by atoms with Gasteiger partial charge in [0.2, 0.25) is 5.78 Å². The second-order valence-electron chi connectivity index (χ2n) is 7.14. The number of rotatable bonds is 7. The van der Waals surface area contributed by atoms with E-state index in [4.69, 9.17) is 4.74 Å². The van der Waals surface area contributed by atoms with Crippen LogP contribution in [0.2, 0.25) is 0 Å². The topological polar surface area (TPSA) is 90.3 Å². The van der Waals surface area contributed by atoms with E-state index in [1.807, 2.05) is 11.5 Å². The molecule has 0 atom stereocenters. The zero-order valence-corrected chi connectivity index (χ0v) is 17.7. The number of aromatic nitrogens is 2. The van der Waals surface area contributed by atoms with Crippen LogP contribution in [0.4, 0.5) is 5.82 Å². The minimum atomic E-state index is -3.87. The van der Waals surface area contributed by atoms with Gasteiger partial charge in [-0.05, 0) is 54.8 Å². The average molecular weight is 426 g/mol. The van der Waals surface area contributed by atoms with E-state index in [0.29, 0.717) is 30.1 Å². The maximum atomic E-state index is 13.3. The molecule has 1 aliphatic rings. The van der Waals surface area contributed by atoms with Crippen molar-refractivity contribution in [3.8, 4) is 5.75 Å². The largest absolute Gasteiger partial charge is 0.497 e. The normalized spacial score (nSPS) is 13.1. The first-order chi connectivity index (χ1) is 14.4. The molecular weight excluding hydrogens is 402 g/mol. The van der Waals surface area contributed by atoms with Gasteiger partial charge in [-0.1, -0.05) is 19.1 Å². The molecule has 2 heterocycles. The minimum Gasteiger partial charge on any atom is -0.497 e. The number of methoxy groups -OCH3 is 1. The number of ether oxygens (including phenoxy) is 1. The number of carbonyl (C=O) groups excluding carboxylic acids is 1. The van der Waals surface area contributed by atoms with Gasteiger partial charge in [-0.3, -0.25) is 9.52 Å². The van der Waals surface area contributed by atoms with Crippen LogP contribution in [0.1, 0.15) is 40.8 Å². The van der Waals surface area contributed by atoms with Gasteiger partial charge < -0.3 is 9.30 Å². The maximum Gasteiger partial charge on any atom is 0.263 e. The molecule has 1 N–H and O–H groups in total. The van der Waals surface area contributed by atoms with Crippen molar-refractivity contribution in [2.75, 3.05) is 11.8 Å². The highest BCUT2D eigenvalue weighted by molar-refractivity contribution is 7.92. The molecule has 1 aromatic heterocycles. The molecule has 0 unspecified atom stereocenters. The molecule has 2 aromatic carbocycles. The van der Waals surface area contributed by atoms with Crippen LogP contribution in [0, 0.1) is 0 Å². The Morgan fingerprint density at radius 2 is 1.83 bits per heavy atom. The summed E-state index contributed by atoms with van der Waals surface area (Å²) in [6, 6.07) is 13.4. The van der Waals surface area contributed by atoms with Gasteiger partial charge in [0.1, 0.15) is 17.3 Å². The van der Waals surface area contributed by atoms with Crippen LogP contribution in [-0.2, 0) is 29.4 Å². The quantitative estimate of drug-likeness (QED) is 0.586. The van der Waals surface area contributed by atoms with Crippen LogP contribution >= 0.6 is 0 Å². The van der Waals surface area contributed by atoms with Gasteiger partial charge in [0, 0.05) is 18.5 Å². The highest BCUT2D eigenvalue weighted by Crippen LogP contribution is 2.28. The van der Waals surface area contributed by atoms with Crippen molar-refractivity contribution in [3.05, 3.63) is 71.2 Å². The molecule has 0 aliphatic carbocycles. The summed E-state index contributed by atoms with van der Waals surface area (Å²) >= 11 is 0. The summed E-state index contributed by atoms with van der Waals surface area (Å²) in [5.41, 5.74) is 1.75. The summed E-state index contributed by atoms with van der Waals surface area (Å²) in [4.78, 5) is 17.8. The van der Waals surface area contributed by atoms with Crippen LogP contribution in [0.5, 0.6) is 5.75 Å². The van der Waals surface area contributed by atoms with Crippen LogP contribution in [0.25, 0.3) is 0 Å². The van der Waals surface area contributed by atoms with E-state index in [2.05, 4.69) is 9.71 Å². The Bertz CT molecular complexity index is 1180. The molecule has 7 nitrogen and oxygen atoms in total. The van der Waals surface area contributed by atoms with Crippen molar-refractivity contribution in [3.63, 3.8) is 0 Å². The van der Waals surface area contributed by atoms with E-state index < -0.39 is 10.0 Å². The monoisotopic (exact) mass is 425 g/mol. The SMILES string of the molecule is CCc1ccc(S(=O)(=O)Nc2nc3n(c2C(=O)c2ccc(OC)cc2)CCC3)cc1. The highest BCUT2D eigenvalue weighted by atomic mass is 32.2. The Kier molecular flexibility index (Phi) is 5.34. The molecular formula is C22H23N3O4S. The second kappa shape index (κ2) is 7.95. The number of imidazole rings is 1. The lowest BCUT2D eigenvalue weighted by atomic mass is 10.1. The summed E-state index contributed by atoms with van der Waals surface area (Å²) in [6.45, 7) is 2.64. The number of fused-ring (bicyclic) bond motifs is 1. The number of anilines is 1. The van der Waals surface area contributed by atoms with E-state index in [9.17, 15) is 13.2 Å². The number of hydrogen-bond acceptors (Lipinski definition) is 5. The van der Waals surface area contributed by atoms with E-state index in [1.165, 1.54) is 0 Å². The lowest BCUT2D eigenvalue weighted by Gasteiger charge is -2.10. The maximum absolute atomic E-state index is 13.3. The zero-order chi connectivity index (χ0) is 21.3. The van der Waals surface area contributed by atoms with Crippen LogP contribution in [0.15, 0.2) is 53.4 Å². The molecule has 30 heavy (non-hydrogen) atoms. The number of hydrogen-bond donors (Lipinski definition) is 1. The van der Waals surface area contributed by atoms with Crippen LogP contribution in [-0.4, -0.2) is 30.9 Å². The Balaban J connectivity index is 1.71. The Morgan fingerprint density at radius 3 is 2.47 bits per heavy atom. The molecule has 4 rings (SSSR count). The van der Waals surface area contributed by atoms with Crippen molar-refractivity contribution >= 4 is 21.6 Å². The predicted octanol–water partition coefficient (Wildman–Crippen LogP) is 3.43. The first kappa shape index (κ1) is 20.2. The number of ketones is 1. The standard InChI is InChI=1S/C22H23N3O4S/c1-3-15-6-12-18(13-7-15)30(27,28)24-22-20(25-14-4-5-19(25)23-22)21(26)16-8-10-17(29-2)11-9-16/h6-13,24H,3-5,14H2,1-2H3. The third-order valence-electron chi connectivity index (χ3n) is 5.27. The molecule has 0 amide bonds. The zero-order valence-electron chi connectivity index (χ0n) is 16.9. The molecule has 0 fully saturated rings. The average Bonchev–Trinajstić information content (AvgIpc) is 3.34. The van der Waals surface area contributed by atoms with E-state index in [1.54, 1.807) is 55.6 Å². The summed E-state index contributed by atoms with van der Waals surface area (Å²) in [6.07, 6.45) is 2.40. The van der Waals surface area contributed by atoms with Gasteiger partial charge in [0.25, 0.3) is 10.0 Å². The Morgan fingerprint density at radius 1 is 1.13 bits per heavy atom. The molecule has 0 bridgehead atoms. The van der Waals surface area contributed by atoms with Gasteiger partial charge in [0.15, 0.2) is 5.82 Å². The fraction of sp³-hybridized carbons (Fsp3) is 0.273. The van der Waals surface area contributed by atoms with Gasteiger partial charge in [-0.2, -0.15) is 0 Å². The summed E-state index contributed by atoms with van der Waals surface area (Å²) in [7, 11) is -2.32. The van der Waals surface area contributed by atoms with Crippen LogP contribution < -0.4 is 9.46 Å². The molecule has 3 aromatic rings. The summed E-state index contributed by atoms with van der Waals surface area (Å²) in [5.74, 6) is 1.15. The summed E-state index contributed by atoms with van der Waals surface area (Å²) in [5, 5.41) is 0. The number of sulfonamides is 1. The lowest BCUT2D eigenvalue weighted by molar-refractivity contribution is 0.103. The predicted molar refractivity (Wildman–Crippen MR) is 114 cm³/mol. The third kappa shape index (κ3) is 3.70. The van der Waals surface area contributed by atoms with E-state index >= 15 is 0 Å². The van der Waals surface area contributed by atoms with Crippen molar-refractivity contribution in [1.82, 2.24) is 9.55 Å². The number of nitrogens with zero attached hydrogens (tertiary/aromatic N) is 2. The lowest BCUT2D eigenvalue weighted by Crippen LogP contribution is -2.17. The molecule has 0 saturated heterocycles. The molecule has 1 aliphatic heterocycles. The molecule has 8 heteroatoms. The smallest absolute Gasteiger partial charge is 0.263 e. The second-order valence-corrected chi connectivity index (χ2v) is 8.82. The highest BCUT2D eigenvalue weighted by Gasteiger charge is 2.29. The van der Waals surface area contributed by atoms with Gasteiger partial charge in [0.05, 0.1) is 12.0 Å². The Labute approximate surface area is 175 Å². The first-order valence-corrected chi connectivity index (χ1v) is 11.3. The first-order valence-electron chi connectivity index (χ1n) is 9.83. The third-order valence-corrected chi connectivity index (χ3v) is 6.62. The minimum absolute atomic E-state index is 0.0742. The Hall–Kier alpha value is -3.13. The van der Waals surface area contributed by atoms with E-state index in [0.717, 1.165) is 18.4 Å². The van der Waals surface area contributed by atoms with Crippen molar-refractivity contribution in [1.29, 1.82) is 0 Å². The van der Waals surface area contributed by atoms with Crippen molar-refractivity contribution in [2.45, 2.75) is 37.6 Å². The number of nitrogens with one attached hydrogen (secondary N) is 1. The number of aryl methyl sites for hydroxylation is 2. The fourth-order valence-electron chi connectivity index (χ4n) is 3.60. The molecule has 0 radical (unpaired) electrons. The van der Waals surface area contributed by atoms with Crippen molar-refractivity contribution < 1.29 is 17.9 Å². The molecule has 0 spiro atoms. The van der Waals surface area contributed by atoms with Gasteiger partial charge >= 0.3 is 0 Å². The van der Waals surface area contributed by atoms with Crippen LogP contribution in [0.3, 0.4) is 0 Å². The van der Waals surface area contributed by atoms with Gasteiger partial charge in [-0.25, -0.2) is 13.4 Å². The van der Waals surface area contributed by atoms with Gasteiger partial charge in [-0.15, -0.1) is 0 Å². The summed E-state index contributed by atoms with van der Waals surface area (Å²) < 4.78 is 35.4. The van der Waals surface area contributed by atoms with E-state index in [-0.39, 0.29) is 22.2 Å². The molecule has 156 valence electrons. The van der Waals surface area contributed by atoms with Crippen molar-refractivity contribution in [2.24, 2.45) is 0 Å². The number of carbonyl (C=O) groups is 1.